The Labute approximate surface area is 138 Å². The maximum atomic E-state index is 12.0. The van der Waals surface area contributed by atoms with Crippen LogP contribution < -0.4 is 10.6 Å². The number of carbonyl (C=O) groups is 1. The van der Waals surface area contributed by atoms with Gasteiger partial charge < -0.3 is 10.6 Å². The van der Waals surface area contributed by atoms with Gasteiger partial charge in [0.15, 0.2) is 14.2 Å². The SMILES string of the molecule is CCCNc1nnc(SCC(=O)N[C@]2(C)CCS(=O)(=O)C2)s1. The van der Waals surface area contributed by atoms with E-state index >= 15 is 0 Å². The van der Waals surface area contributed by atoms with Crippen molar-refractivity contribution in [3.8, 4) is 0 Å². The van der Waals surface area contributed by atoms with Crippen molar-refractivity contribution < 1.29 is 13.2 Å². The molecule has 7 nitrogen and oxygen atoms in total. The Morgan fingerprint density at radius 3 is 2.86 bits per heavy atom. The average molecular weight is 365 g/mol. The van der Waals surface area contributed by atoms with E-state index in [4.69, 9.17) is 0 Å². The molecule has 1 aromatic heterocycles. The van der Waals surface area contributed by atoms with Gasteiger partial charge in [-0.1, -0.05) is 30.0 Å². The van der Waals surface area contributed by atoms with E-state index in [0.717, 1.165) is 22.4 Å². The summed E-state index contributed by atoms with van der Waals surface area (Å²) in [6, 6.07) is 0. The van der Waals surface area contributed by atoms with Crippen molar-refractivity contribution in [2.45, 2.75) is 36.6 Å². The summed E-state index contributed by atoms with van der Waals surface area (Å²) in [5.41, 5.74) is -0.647. The van der Waals surface area contributed by atoms with Crippen LogP contribution in [0.25, 0.3) is 0 Å². The molecule has 2 rings (SSSR count). The molecule has 0 saturated carbocycles. The van der Waals surface area contributed by atoms with Gasteiger partial charge in [0.1, 0.15) is 0 Å². The summed E-state index contributed by atoms with van der Waals surface area (Å²) < 4.78 is 23.8. The highest BCUT2D eigenvalue weighted by Crippen LogP contribution is 2.26. The van der Waals surface area contributed by atoms with E-state index in [9.17, 15) is 13.2 Å². The van der Waals surface area contributed by atoms with Crippen molar-refractivity contribution in [3.05, 3.63) is 0 Å². The van der Waals surface area contributed by atoms with Crippen molar-refractivity contribution in [3.63, 3.8) is 0 Å². The molecule has 1 aliphatic heterocycles. The van der Waals surface area contributed by atoms with Crippen LogP contribution in [-0.2, 0) is 14.6 Å². The molecule has 1 saturated heterocycles. The standard InChI is InChI=1S/C12H20N4O3S3/c1-3-5-13-10-15-16-11(21-10)20-7-9(17)14-12(2)4-6-22(18,19)8-12/h3-8H2,1-2H3,(H,13,15)(H,14,17)/t12-/m1/s1. The van der Waals surface area contributed by atoms with Gasteiger partial charge in [-0.15, -0.1) is 10.2 Å². The van der Waals surface area contributed by atoms with E-state index in [1.165, 1.54) is 23.1 Å². The number of carbonyl (C=O) groups excluding carboxylic acids is 1. The Hall–Kier alpha value is -0.870. The molecule has 0 radical (unpaired) electrons. The lowest BCUT2D eigenvalue weighted by Gasteiger charge is -2.23. The van der Waals surface area contributed by atoms with Gasteiger partial charge in [-0.05, 0) is 19.8 Å². The molecule has 0 unspecified atom stereocenters. The monoisotopic (exact) mass is 364 g/mol. The van der Waals surface area contributed by atoms with Gasteiger partial charge in [-0.3, -0.25) is 4.79 Å². The highest BCUT2D eigenvalue weighted by Gasteiger charge is 2.39. The summed E-state index contributed by atoms with van der Waals surface area (Å²) in [6.07, 6.45) is 1.47. The van der Waals surface area contributed by atoms with E-state index in [0.29, 0.717) is 6.42 Å². The van der Waals surface area contributed by atoms with E-state index < -0.39 is 15.4 Å². The second kappa shape index (κ2) is 7.14. The van der Waals surface area contributed by atoms with Crippen LogP contribution in [0, 0.1) is 0 Å². The molecular formula is C12H20N4O3S3. The molecule has 0 spiro atoms. The Balaban J connectivity index is 1.79. The number of rotatable bonds is 7. The van der Waals surface area contributed by atoms with Crippen LogP contribution >= 0.6 is 23.1 Å². The number of amides is 1. The minimum atomic E-state index is -3.02. The van der Waals surface area contributed by atoms with Crippen LogP contribution in [-0.4, -0.2) is 53.9 Å². The normalized spacial score (nSPS) is 23.4. The Morgan fingerprint density at radius 1 is 1.45 bits per heavy atom. The molecule has 10 heteroatoms. The third-order valence-corrected chi connectivity index (χ3v) is 7.12. The topological polar surface area (TPSA) is 101 Å². The van der Waals surface area contributed by atoms with E-state index in [2.05, 4.69) is 27.8 Å². The first-order valence-corrected chi connectivity index (χ1v) is 10.7. The molecule has 1 fully saturated rings. The molecule has 124 valence electrons. The lowest BCUT2D eigenvalue weighted by molar-refractivity contribution is -0.120. The summed E-state index contributed by atoms with van der Waals surface area (Å²) in [5, 5.41) is 14.7. The fourth-order valence-electron chi connectivity index (χ4n) is 2.18. The first-order valence-electron chi connectivity index (χ1n) is 7.03. The van der Waals surface area contributed by atoms with Gasteiger partial charge in [-0.25, -0.2) is 8.42 Å². The maximum absolute atomic E-state index is 12.0. The smallest absolute Gasteiger partial charge is 0.230 e. The van der Waals surface area contributed by atoms with Crippen molar-refractivity contribution in [2.75, 3.05) is 29.1 Å². The van der Waals surface area contributed by atoms with Gasteiger partial charge in [0.2, 0.25) is 11.0 Å². The van der Waals surface area contributed by atoms with E-state index in [1.54, 1.807) is 6.92 Å². The molecule has 2 heterocycles. The minimum absolute atomic E-state index is 0.0142. The quantitative estimate of drug-likeness (QED) is 0.700. The molecule has 0 aromatic carbocycles. The summed E-state index contributed by atoms with van der Waals surface area (Å²) in [5.74, 6) is 0.181. The zero-order valence-electron chi connectivity index (χ0n) is 12.6. The van der Waals surface area contributed by atoms with Crippen LogP contribution in [0.4, 0.5) is 5.13 Å². The van der Waals surface area contributed by atoms with E-state index in [1.807, 2.05) is 0 Å². The van der Waals surface area contributed by atoms with Crippen molar-refractivity contribution in [2.24, 2.45) is 0 Å². The Morgan fingerprint density at radius 2 is 2.23 bits per heavy atom. The fourth-order valence-corrected chi connectivity index (χ4v) is 5.85. The largest absolute Gasteiger partial charge is 0.360 e. The summed E-state index contributed by atoms with van der Waals surface area (Å²) in [6.45, 7) is 4.68. The number of sulfone groups is 1. The first-order chi connectivity index (χ1) is 10.3. The lowest BCUT2D eigenvalue weighted by Crippen LogP contribution is -2.47. The van der Waals surface area contributed by atoms with Gasteiger partial charge in [0, 0.05) is 6.54 Å². The zero-order chi connectivity index (χ0) is 16.2. The van der Waals surface area contributed by atoms with Crippen LogP contribution in [0.15, 0.2) is 4.34 Å². The van der Waals surface area contributed by atoms with Gasteiger partial charge in [-0.2, -0.15) is 0 Å². The number of nitrogens with one attached hydrogen (secondary N) is 2. The van der Waals surface area contributed by atoms with Crippen LogP contribution in [0.2, 0.25) is 0 Å². The van der Waals surface area contributed by atoms with Crippen molar-refractivity contribution in [1.82, 2.24) is 15.5 Å². The Bertz CT molecular complexity index is 631. The number of aromatic nitrogens is 2. The van der Waals surface area contributed by atoms with Crippen LogP contribution in [0.1, 0.15) is 26.7 Å². The fraction of sp³-hybridized carbons (Fsp3) is 0.750. The van der Waals surface area contributed by atoms with Gasteiger partial charge >= 0.3 is 0 Å². The predicted molar refractivity (Wildman–Crippen MR) is 89.2 cm³/mol. The van der Waals surface area contributed by atoms with Crippen molar-refractivity contribution in [1.29, 1.82) is 0 Å². The number of hydrogen-bond acceptors (Lipinski definition) is 8. The summed E-state index contributed by atoms with van der Waals surface area (Å²) in [4.78, 5) is 12.0. The number of thioether (sulfide) groups is 1. The molecule has 0 bridgehead atoms. The second-order valence-corrected chi connectivity index (χ2v) is 9.92. The van der Waals surface area contributed by atoms with Crippen LogP contribution in [0.3, 0.4) is 0 Å². The molecule has 0 aliphatic carbocycles. The molecule has 2 N–H and O–H groups in total. The highest BCUT2D eigenvalue weighted by atomic mass is 32.2. The number of hydrogen-bond donors (Lipinski definition) is 2. The average Bonchev–Trinajstić information content (AvgIpc) is 2.98. The Kier molecular flexibility index (Phi) is 5.67. The number of anilines is 1. The van der Waals surface area contributed by atoms with E-state index in [-0.39, 0.29) is 23.2 Å². The lowest BCUT2D eigenvalue weighted by atomic mass is 10.0. The molecular weight excluding hydrogens is 344 g/mol. The van der Waals surface area contributed by atoms with Crippen LogP contribution in [0.5, 0.6) is 0 Å². The molecule has 22 heavy (non-hydrogen) atoms. The predicted octanol–water partition coefficient (Wildman–Crippen LogP) is 1.15. The first kappa shape index (κ1) is 17.5. The third-order valence-electron chi connectivity index (χ3n) is 3.20. The minimum Gasteiger partial charge on any atom is -0.360 e. The zero-order valence-corrected chi connectivity index (χ0v) is 15.0. The molecule has 1 aliphatic rings. The molecule has 1 atom stereocenters. The van der Waals surface area contributed by atoms with Gasteiger partial charge in [0.05, 0.1) is 22.8 Å². The third kappa shape index (κ3) is 5.10. The molecule has 1 amide bonds. The number of nitrogens with zero attached hydrogens (tertiary/aromatic N) is 2. The van der Waals surface area contributed by atoms with Crippen molar-refractivity contribution >= 4 is 44.0 Å². The summed E-state index contributed by atoms with van der Waals surface area (Å²) >= 11 is 2.72. The second-order valence-electron chi connectivity index (χ2n) is 5.54. The van der Waals surface area contributed by atoms with Gasteiger partial charge in [0.25, 0.3) is 0 Å². The maximum Gasteiger partial charge on any atom is 0.230 e. The summed E-state index contributed by atoms with van der Waals surface area (Å²) in [7, 11) is -3.02. The molecule has 1 aromatic rings. The highest BCUT2D eigenvalue weighted by molar-refractivity contribution is 8.01.